The molecular weight excluding hydrogens is 686 g/mol. The summed E-state index contributed by atoms with van der Waals surface area (Å²) in [7, 11) is 0. The molecule has 3 aliphatic heterocycles. The van der Waals surface area contributed by atoms with Crippen molar-refractivity contribution in [2.75, 3.05) is 26.6 Å². The molecule has 3 amide bonds. The maximum Gasteiger partial charge on any atom is 0.407 e. The summed E-state index contributed by atoms with van der Waals surface area (Å²) in [5.74, 6) is 0.242. The van der Waals surface area contributed by atoms with Gasteiger partial charge in [-0.2, -0.15) is 0 Å². The van der Waals surface area contributed by atoms with E-state index in [9.17, 15) is 19.2 Å². The quantitative estimate of drug-likeness (QED) is 0.134. The van der Waals surface area contributed by atoms with Gasteiger partial charge in [0.15, 0.2) is 17.3 Å². The summed E-state index contributed by atoms with van der Waals surface area (Å²) < 4.78 is 40.9. The summed E-state index contributed by atoms with van der Waals surface area (Å²) in [6, 6.07) is 4.76. The monoisotopic (exact) mass is 745 g/mol. The van der Waals surface area contributed by atoms with Gasteiger partial charge in [0, 0.05) is 44.3 Å². The summed E-state index contributed by atoms with van der Waals surface area (Å²) in [6.07, 6.45) is 7.63. The smallest absolute Gasteiger partial charge is 0.407 e. The van der Waals surface area contributed by atoms with Gasteiger partial charge in [0.25, 0.3) is 0 Å². The van der Waals surface area contributed by atoms with E-state index in [1.807, 2.05) is 12.1 Å². The lowest BCUT2D eigenvalue weighted by atomic mass is 9.89. The van der Waals surface area contributed by atoms with Crippen LogP contribution in [0.1, 0.15) is 116 Å². The molecule has 3 fully saturated rings. The zero-order valence-electron chi connectivity index (χ0n) is 31.6. The summed E-state index contributed by atoms with van der Waals surface area (Å²) in [6.45, 7) is 7.08. The van der Waals surface area contributed by atoms with E-state index < -0.39 is 48.3 Å². The number of para-hydroxylation sites is 1. The van der Waals surface area contributed by atoms with Crippen LogP contribution >= 0.6 is 0 Å². The molecule has 5 atom stereocenters. The highest BCUT2D eigenvalue weighted by Crippen LogP contribution is 2.41. The van der Waals surface area contributed by atoms with Gasteiger partial charge >= 0.3 is 18.2 Å². The van der Waals surface area contributed by atoms with Gasteiger partial charge < -0.3 is 49.1 Å². The van der Waals surface area contributed by atoms with E-state index in [1.165, 1.54) is 19.3 Å². The Morgan fingerprint density at radius 2 is 1.74 bits per heavy atom. The second-order valence-corrected chi connectivity index (χ2v) is 15.1. The van der Waals surface area contributed by atoms with Crippen LogP contribution in [-0.2, 0) is 39.8 Å². The fourth-order valence-corrected chi connectivity index (χ4v) is 7.64. The Bertz CT molecular complexity index is 1370. The van der Waals surface area contributed by atoms with Crippen LogP contribution in [0.3, 0.4) is 0 Å². The van der Waals surface area contributed by atoms with Gasteiger partial charge in [0.05, 0.1) is 18.8 Å². The zero-order chi connectivity index (χ0) is 37.6. The van der Waals surface area contributed by atoms with Crippen LogP contribution in [-0.4, -0.2) is 80.8 Å². The van der Waals surface area contributed by atoms with Crippen molar-refractivity contribution < 1.29 is 52.3 Å². The van der Waals surface area contributed by atoms with Crippen LogP contribution in [0.2, 0.25) is 0 Å². The van der Waals surface area contributed by atoms with Gasteiger partial charge in [-0.25, -0.2) is 14.4 Å². The van der Waals surface area contributed by atoms with E-state index in [-0.39, 0.29) is 45.3 Å². The number of esters is 1. The van der Waals surface area contributed by atoms with Crippen LogP contribution in [0.5, 0.6) is 11.5 Å². The predicted octanol–water partition coefficient (Wildman–Crippen LogP) is 6.03. The fraction of sp³-hybridized carbons (Fsp3) is 0.744. The summed E-state index contributed by atoms with van der Waals surface area (Å²) in [4.78, 5) is 51.5. The van der Waals surface area contributed by atoms with Crippen molar-refractivity contribution in [2.45, 2.75) is 147 Å². The first kappa shape index (κ1) is 40.4. The highest BCUT2D eigenvalue weighted by Gasteiger charge is 2.47. The molecule has 1 aromatic rings. The van der Waals surface area contributed by atoms with Crippen molar-refractivity contribution in [1.29, 1.82) is 0 Å². The highest BCUT2D eigenvalue weighted by atomic mass is 16.7. The Morgan fingerprint density at radius 3 is 2.53 bits per heavy atom. The van der Waals surface area contributed by atoms with E-state index >= 15 is 0 Å². The number of hydrogen-bond donors (Lipinski definition) is 3. The van der Waals surface area contributed by atoms with Crippen molar-refractivity contribution >= 4 is 24.1 Å². The molecule has 14 heteroatoms. The van der Waals surface area contributed by atoms with E-state index in [0.717, 1.165) is 31.2 Å². The van der Waals surface area contributed by atoms with E-state index in [4.69, 9.17) is 33.2 Å². The molecule has 1 spiro atoms. The molecule has 5 rings (SSSR count). The third-order valence-electron chi connectivity index (χ3n) is 10.4. The molecule has 0 aromatic heterocycles. The number of amides is 3. The molecule has 1 aliphatic carbocycles. The number of carbonyl (C=O) groups is 4. The maximum absolute atomic E-state index is 13.2. The average Bonchev–Trinajstić information content (AvgIpc) is 3.63. The number of carbonyl (C=O) groups excluding carboxylic acids is 4. The largest absolute Gasteiger partial charge is 0.464 e. The molecule has 14 nitrogen and oxygen atoms in total. The van der Waals surface area contributed by atoms with Gasteiger partial charge in [0.2, 0.25) is 12.7 Å². The SMILES string of the molecule is CCOC(=O)[C@H](CCC(C)C)NC(=O)CC[C@@H]1C[C@@H](OC(=O)NCc2cccc3c2OCO3)C[C@@]2(CCC[C@H](COC(=O)NCC3CCCCC3)O2)O1. The predicted molar refractivity (Wildman–Crippen MR) is 193 cm³/mol. The van der Waals surface area contributed by atoms with Crippen molar-refractivity contribution in [3.63, 3.8) is 0 Å². The minimum atomic E-state index is -1.09. The first-order valence-corrected chi connectivity index (χ1v) is 19.7. The van der Waals surface area contributed by atoms with E-state index in [1.54, 1.807) is 13.0 Å². The molecule has 1 aromatic carbocycles. The second kappa shape index (κ2) is 20.1. The fourth-order valence-electron chi connectivity index (χ4n) is 7.64. The second-order valence-electron chi connectivity index (χ2n) is 15.1. The average molecular weight is 746 g/mol. The summed E-state index contributed by atoms with van der Waals surface area (Å²) >= 11 is 0. The molecule has 1 saturated carbocycles. The van der Waals surface area contributed by atoms with Crippen molar-refractivity contribution in [3.05, 3.63) is 23.8 Å². The first-order valence-electron chi connectivity index (χ1n) is 19.7. The third-order valence-corrected chi connectivity index (χ3v) is 10.4. The number of ether oxygens (including phenoxy) is 7. The van der Waals surface area contributed by atoms with Gasteiger partial charge in [-0.1, -0.05) is 45.2 Å². The Kier molecular flexibility index (Phi) is 15.3. The zero-order valence-corrected chi connectivity index (χ0v) is 31.6. The molecular formula is C39H59N3O11. The molecule has 3 N–H and O–H groups in total. The standard InChI is InChI=1S/C39H59N3O11/c1-4-47-36(44)32(17-15-26(2)3)42-34(43)18-16-29-20-31(51-38(46)41-23-28-12-8-14-33-35(28)50-25-49-33)21-39(52-29)19-9-13-30(53-39)24-48-37(45)40-22-27-10-6-5-7-11-27/h8,12,14,26-27,29-32H,4-7,9-11,13,15-25H2,1-3H3,(H,40,45)(H,41,46)(H,42,43)/t29-,30-,31-,32+,39+/m1/s1. The molecule has 53 heavy (non-hydrogen) atoms. The number of benzene rings is 1. The lowest BCUT2D eigenvalue weighted by Gasteiger charge is -2.47. The lowest BCUT2D eigenvalue weighted by molar-refractivity contribution is -0.329. The molecule has 0 unspecified atom stereocenters. The number of fused-ring (bicyclic) bond motifs is 1. The molecule has 0 radical (unpaired) electrons. The maximum atomic E-state index is 13.2. The minimum Gasteiger partial charge on any atom is -0.464 e. The van der Waals surface area contributed by atoms with Gasteiger partial charge in [-0.05, 0) is 69.8 Å². The van der Waals surface area contributed by atoms with Crippen molar-refractivity contribution in [1.82, 2.24) is 16.0 Å². The van der Waals surface area contributed by atoms with Crippen LogP contribution < -0.4 is 25.4 Å². The Hall–Kier alpha value is -3.78. The highest BCUT2D eigenvalue weighted by molar-refractivity contribution is 5.84. The topological polar surface area (TPSA) is 169 Å². The van der Waals surface area contributed by atoms with Crippen LogP contribution in [0, 0.1) is 11.8 Å². The Balaban J connectivity index is 1.18. The molecule has 2 saturated heterocycles. The van der Waals surface area contributed by atoms with Gasteiger partial charge in [-0.15, -0.1) is 0 Å². The van der Waals surface area contributed by atoms with E-state index in [0.29, 0.717) is 62.0 Å². The van der Waals surface area contributed by atoms with E-state index in [2.05, 4.69) is 29.8 Å². The molecule has 4 aliphatic rings. The van der Waals surface area contributed by atoms with Crippen LogP contribution in [0.4, 0.5) is 9.59 Å². The Morgan fingerprint density at radius 1 is 0.925 bits per heavy atom. The number of hydrogen-bond acceptors (Lipinski definition) is 11. The van der Waals surface area contributed by atoms with Crippen LogP contribution in [0.25, 0.3) is 0 Å². The van der Waals surface area contributed by atoms with Crippen molar-refractivity contribution in [2.24, 2.45) is 11.8 Å². The summed E-state index contributed by atoms with van der Waals surface area (Å²) in [5, 5.41) is 8.59. The van der Waals surface area contributed by atoms with Crippen LogP contribution in [0.15, 0.2) is 18.2 Å². The Labute approximate surface area is 313 Å². The van der Waals surface area contributed by atoms with Gasteiger partial charge in [0.1, 0.15) is 18.8 Å². The first-order chi connectivity index (χ1) is 25.6. The number of nitrogens with one attached hydrogen (secondary N) is 3. The normalized spacial score (nSPS) is 24.6. The third kappa shape index (κ3) is 12.7. The summed E-state index contributed by atoms with van der Waals surface area (Å²) in [5.41, 5.74) is 0.764. The molecule has 0 bridgehead atoms. The lowest BCUT2D eigenvalue weighted by Crippen LogP contribution is -2.54. The number of alkyl carbamates (subject to hydrolysis) is 2. The number of rotatable bonds is 16. The molecule has 3 heterocycles. The van der Waals surface area contributed by atoms with Gasteiger partial charge in [-0.3, -0.25) is 4.79 Å². The van der Waals surface area contributed by atoms with Crippen molar-refractivity contribution in [3.8, 4) is 11.5 Å². The molecule has 296 valence electrons. The minimum absolute atomic E-state index is 0.0689.